The van der Waals surface area contributed by atoms with Gasteiger partial charge in [0.15, 0.2) is 15.0 Å². The van der Waals surface area contributed by atoms with Gasteiger partial charge in [0.2, 0.25) is 5.91 Å². The number of thiazole rings is 1. The molecule has 0 spiro atoms. The van der Waals surface area contributed by atoms with Gasteiger partial charge >= 0.3 is 0 Å². The number of nitrogens with zero attached hydrogens (tertiary/aromatic N) is 2. The molecule has 0 fully saturated rings. The van der Waals surface area contributed by atoms with Crippen LogP contribution in [0.1, 0.15) is 0 Å². The number of hydrogen-bond donors (Lipinski definition) is 1. The fourth-order valence-corrected chi connectivity index (χ4v) is 4.04. The summed E-state index contributed by atoms with van der Waals surface area (Å²) < 4.78 is 24.5. The van der Waals surface area contributed by atoms with E-state index in [9.17, 15) is 13.2 Å². The number of hydrogen-bond acceptors (Lipinski definition) is 6. The molecule has 0 aliphatic heterocycles. The molecule has 0 aliphatic carbocycles. The van der Waals surface area contributed by atoms with Gasteiger partial charge in [-0.3, -0.25) is 9.78 Å². The van der Waals surface area contributed by atoms with E-state index in [1.54, 1.807) is 29.9 Å². The lowest BCUT2D eigenvalue weighted by atomic mass is 10.2. The predicted molar refractivity (Wildman–Crippen MR) is 97.5 cm³/mol. The van der Waals surface area contributed by atoms with E-state index in [0.717, 1.165) is 5.56 Å². The zero-order valence-electron chi connectivity index (χ0n) is 12.7. The number of rotatable bonds is 5. The first kappa shape index (κ1) is 17.5. The van der Waals surface area contributed by atoms with Crippen molar-refractivity contribution in [3.05, 3.63) is 59.2 Å². The molecule has 6 nitrogen and oxygen atoms in total. The van der Waals surface area contributed by atoms with Gasteiger partial charge in [-0.1, -0.05) is 11.6 Å². The SMILES string of the molecule is O=C(CS(=O)(=O)c1ccc(Cl)cc1)Nc1nc(-c2ccncc2)cs1. The van der Waals surface area contributed by atoms with Crippen molar-refractivity contribution >= 4 is 43.8 Å². The highest BCUT2D eigenvalue weighted by molar-refractivity contribution is 7.92. The molecule has 9 heteroatoms. The number of anilines is 1. The molecule has 0 saturated heterocycles. The summed E-state index contributed by atoms with van der Waals surface area (Å²) >= 11 is 6.96. The van der Waals surface area contributed by atoms with Gasteiger partial charge in [-0.15, -0.1) is 11.3 Å². The topological polar surface area (TPSA) is 89.0 Å². The van der Waals surface area contributed by atoms with Crippen LogP contribution in [0.25, 0.3) is 11.3 Å². The summed E-state index contributed by atoms with van der Waals surface area (Å²) in [5, 5.41) is 5.06. The van der Waals surface area contributed by atoms with Crippen LogP contribution in [0.5, 0.6) is 0 Å². The van der Waals surface area contributed by atoms with Gasteiger partial charge in [-0.25, -0.2) is 13.4 Å². The van der Waals surface area contributed by atoms with Gasteiger partial charge in [0.1, 0.15) is 5.75 Å². The Bertz CT molecular complexity index is 987. The minimum atomic E-state index is -3.74. The lowest BCUT2D eigenvalue weighted by Crippen LogP contribution is -2.22. The molecular weight excluding hydrogens is 382 g/mol. The molecule has 3 rings (SSSR count). The lowest BCUT2D eigenvalue weighted by Gasteiger charge is -2.04. The van der Waals surface area contributed by atoms with Crippen LogP contribution in [0.4, 0.5) is 5.13 Å². The molecule has 0 unspecified atom stereocenters. The average molecular weight is 394 g/mol. The molecule has 2 heterocycles. The second-order valence-corrected chi connectivity index (χ2v) is 8.32. The van der Waals surface area contributed by atoms with Crippen molar-refractivity contribution in [1.29, 1.82) is 0 Å². The molecule has 0 atom stereocenters. The van der Waals surface area contributed by atoms with Crippen molar-refractivity contribution in [3.63, 3.8) is 0 Å². The summed E-state index contributed by atoms with van der Waals surface area (Å²) in [6.07, 6.45) is 3.29. The third kappa shape index (κ3) is 4.41. The Morgan fingerprint density at radius 3 is 2.48 bits per heavy atom. The molecule has 25 heavy (non-hydrogen) atoms. The largest absolute Gasteiger partial charge is 0.301 e. The molecule has 0 aliphatic rings. The van der Waals surface area contributed by atoms with E-state index in [0.29, 0.717) is 15.8 Å². The molecule has 0 bridgehead atoms. The summed E-state index contributed by atoms with van der Waals surface area (Å²) in [6, 6.07) is 9.27. The Labute approximate surface area is 153 Å². The normalized spacial score (nSPS) is 11.2. The molecular formula is C16H12ClN3O3S2. The van der Waals surface area contributed by atoms with E-state index < -0.39 is 21.5 Å². The lowest BCUT2D eigenvalue weighted by molar-refractivity contribution is -0.113. The number of halogens is 1. The minimum absolute atomic E-state index is 0.0451. The number of nitrogens with one attached hydrogen (secondary N) is 1. The summed E-state index contributed by atoms with van der Waals surface area (Å²) in [5.41, 5.74) is 1.55. The molecule has 0 radical (unpaired) electrons. The highest BCUT2D eigenvalue weighted by Crippen LogP contribution is 2.24. The standard InChI is InChI=1S/C16H12ClN3O3S2/c17-12-1-3-13(4-2-12)25(22,23)10-15(21)20-16-19-14(9-24-16)11-5-7-18-8-6-11/h1-9H,10H2,(H,19,20,21). The van der Waals surface area contributed by atoms with Gasteiger partial charge in [0, 0.05) is 28.4 Å². The van der Waals surface area contributed by atoms with Crippen molar-refractivity contribution in [1.82, 2.24) is 9.97 Å². The number of pyridine rings is 1. The van der Waals surface area contributed by atoms with Gasteiger partial charge in [-0.05, 0) is 36.4 Å². The third-order valence-electron chi connectivity index (χ3n) is 3.22. The van der Waals surface area contributed by atoms with Crippen LogP contribution in [-0.2, 0) is 14.6 Å². The molecule has 128 valence electrons. The van der Waals surface area contributed by atoms with Crippen LogP contribution in [0.3, 0.4) is 0 Å². The molecule has 3 aromatic rings. The fourth-order valence-electron chi connectivity index (χ4n) is 2.04. The predicted octanol–water partition coefficient (Wildman–Crippen LogP) is 3.27. The fraction of sp³-hybridized carbons (Fsp3) is 0.0625. The second-order valence-electron chi connectivity index (χ2n) is 5.03. The maximum absolute atomic E-state index is 12.2. The maximum atomic E-state index is 12.2. The number of amides is 1. The van der Waals surface area contributed by atoms with Gasteiger partial charge < -0.3 is 5.32 Å². The van der Waals surface area contributed by atoms with Crippen molar-refractivity contribution in [2.24, 2.45) is 0 Å². The van der Waals surface area contributed by atoms with Gasteiger partial charge in [0.05, 0.1) is 10.6 Å². The molecule has 1 N–H and O–H groups in total. The second kappa shape index (κ2) is 7.30. The highest BCUT2D eigenvalue weighted by atomic mass is 35.5. The summed E-state index contributed by atoms with van der Waals surface area (Å²) in [6.45, 7) is 0. The Morgan fingerprint density at radius 1 is 1.12 bits per heavy atom. The Balaban J connectivity index is 1.69. The van der Waals surface area contributed by atoms with Gasteiger partial charge in [-0.2, -0.15) is 0 Å². The van der Waals surface area contributed by atoms with Crippen LogP contribution >= 0.6 is 22.9 Å². The van der Waals surface area contributed by atoms with Crippen LogP contribution in [0, 0.1) is 0 Å². The Morgan fingerprint density at radius 2 is 1.80 bits per heavy atom. The minimum Gasteiger partial charge on any atom is -0.301 e. The van der Waals surface area contributed by atoms with E-state index in [2.05, 4.69) is 15.3 Å². The van der Waals surface area contributed by atoms with Crippen molar-refractivity contribution in [3.8, 4) is 11.3 Å². The first-order valence-electron chi connectivity index (χ1n) is 7.08. The van der Waals surface area contributed by atoms with Crippen molar-refractivity contribution in [2.45, 2.75) is 4.90 Å². The Hall–Kier alpha value is -2.29. The monoisotopic (exact) mass is 393 g/mol. The zero-order chi connectivity index (χ0) is 17.9. The number of sulfone groups is 1. The van der Waals surface area contributed by atoms with E-state index in [1.807, 2.05) is 0 Å². The third-order valence-corrected chi connectivity index (χ3v) is 5.86. The van der Waals surface area contributed by atoms with Crippen LogP contribution in [-0.4, -0.2) is 30.0 Å². The molecule has 1 aromatic carbocycles. The van der Waals surface area contributed by atoms with E-state index >= 15 is 0 Å². The van der Waals surface area contributed by atoms with Crippen molar-refractivity contribution in [2.75, 3.05) is 11.1 Å². The smallest absolute Gasteiger partial charge is 0.241 e. The summed E-state index contributed by atoms with van der Waals surface area (Å²) in [7, 11) is -3.74. The number of benzene rings is 1. The van der Waals surface area contributed by atoms with Gasteiger partial charge in [0.25, 0.3) is 0 Å². The number of carbonyl (C=O) groups excluding carboxylic acids is 1. The average Bonchev–Trinajstić information content (AvgIpc) is 3.04. The summed E-state index contributed by atoms with van der Waals surface area (Å²) in [4.78, 5) is 20.3. The summed E-state index contributed by atoms with van der Waals surface area (Å²) in [5.74, 6) is -1.32. The van der Waals surface area contributed by atoms with Crippen LogP contribution in [0.2, 0.25) is 5.02 Å². The van der Waals surface area contributed by atoms with E-state index in [4.69, 9.17) is 11.6 Å². The molecule has 0 saturated carbocycles. The number of aromatic nitrogens is 2. The number of carbonyl (C=O) groups is 1. The highest BCUT2D eigenvalue weighted by Gasteiger charge is 2.20. The zero-order valence-corrected chi connectivity index (χ0v) is 15.1. The molecule has 1 amide bonds. The molecule has 2 aromatic heterocycles. The van der Waals surface area contributed by atoms with E-state index in [-0.39, 0.29) is 4.90 Å². The first-order valence-corrected chi connectivity index (χ1v) is 9.99. The maximum Gasteiger partial charge on any atom is 0.241 e. The van der Waals surface area contributed by atoms with Crippen LogP contribution < -0.4 is 5.32 Å². The van der Waals surface area contributed by atoms with Crippen molar-refractivity contribution < 1.29 is 13.2 Å². The Kier molecular flexibility index (Phi) is 5.12. The first-order chi connectivity index (χ1) is 11.9. The quantitative estimate of drug-likeness (QED) is 0.718. The van der Waals surface area contributed by atoms with Crippen LogP contribution in [0.15, 0.2) is 59.1 Å². The van der Waals surface area contributed by atoms with E-state index in [1.165, 1.54) is 35.6 Å².